The Hall–Kier alpha value is -2.08. The Balaban J connectivity index is 1.79. The minimum Gasteiger partial charge on any atom is -0.467 e. The summed E-state index contributed by atoms with van der Waals surface area (Å²) in [4.78, 5) is 13.8. The third-order valence-electron chi connectivity index (χ3n) is 3.85. The summed E-state index contributed by atoms with van der Waals surface area (Å²) in [5.41, 5.74) is 1.13. The standard InChI is InChI=1S/C16H24N4O2/c1-12-8-18-20(10-12)14(3)13(2)17-9-16(21)19(4)11-15-6-5-7-22-15/h5-8,10,13-14,17H,9,11H2,1-4H3/t13-,14-/m1/s1. The van der Waals surface area contributed by atoms with Gasteiger partial charge < -0.3 is 14.6 Å². The molecule has 2 aromatic heterocycles. The third-order valence-corrected chi connectivity index (χ3v) is 3.85. The summed E-state index contributed by atoms with van der Waals surface area (Å²) in [5.74, 6) is 0.816. The minimum absolute atomic E-state index is 0.0343. The number of nitrogens with zero attached hydrogens (tertiary/aromatic N) is 3. The zero-order valence-electron chi connectivity index (χ0n) is 13.6. The number of hydrogen-bond donors (Lipinski definition) is 1. The van der Waals surface area contributed by atoms with Crippen LogP contribution in [0.25, 0.3) is 0 Å². The molecule has 2 aromatic rings. The number of carbonyl (C=O) groups excluding carboxylic acids is 1. The Bertz CT molecular complexity index is 591. The van der Waals surface area contributed by atoms with Crippen molar-refractivity contribution in [2.75, 3.05) is 13.6 Å². The van der Waals surface area contributed by atoms with Crippen molar-refractivity contribution >= 4 is 5.91 Å². The van der Waals surface area contributed by atoms with Crippen LogP contribution in [0.2, 0.25) is 0 Å². The van der Waals surface area contributed by atoms with Crippen LogP contribution in [0.3, 0.4) is 0 Å². The van der Waals surface area contributed by atoms with Gasteiger partial charge in [0.2, 0.25) is 5.91 Å². The molecule has 0 aliphatic heterocycles. The van der Waals surface area contributed by atoms with Crippen LogP contribution >= 0.6 is 0 Å². The van der Waals surface area contributed by atoms with E-state index in [0.29, 0.717) is 13.1 Å². The molecular weight excluding hydrogens is 280 g/mol. The van der Waals surface area contributed by atoms with E-state index in [9.17, 15) is 4.79 Å². The van der Waals surface area contributed by atoms with Gasteiger partial charge in [-0.25, -0.2) is 0 Å². The van der Waals surface area contributed by atoms with Gasteiger partial charge in [-0.3, -0.25) is 9.48 Å². The SMILES string of the molecule is Cc1cnn([C@H](C)[C@@H](C)NCC(=O)N(C)Cc2ccco2)c1. The van der Waals surface area contributed by atoms with Gasteiger partial charge >= 0.3 is 0 Å². The highest BCUT2D eigenvalue weighted by atomic mass is 16.3. The maximum absolute atomic E-state index is 12.1. The lowest BCUT2D eigenvalue weighted by Gasteiger charge is -2.23. The van der Waals surface area contributed by atoms with E-state index in [1.165, 1.54) is 0 Å². The maximum Gasteiger partial charge on any atom is 0.236 e. The van der Waals surface area contributed by atoms with Gasteiger partial charge in [-0.1, -0.05) is 0 Å². The van der Waals surface area contributed by atoms with Crippen LogP contribution in [0.1, 0.15) is 31.2 Å². The van der Waals surface area contributed by atoms with E-state index >= 15 is 0 Å². The van der Waals surface area contributed by atoms with Crippen LogP contribution in [-0.4, -0.2) is 40.2 Å². The predicted molar refractivity (Wildman–Crippen MR) is 84.3 cm³/mol. The van der Waals surface area contributed by atoms with Crippen molar-refractivity contribution in [3.63, 3.8) is 0 Å². The highest BCUT2D eigenvalue weighted by Gasteiger charge is 2.17. The lowest BCUT2D eigenvalue weighted by molar-refractivity contribution is -0.129. The molecule has 1 amide bonds. The molecule has 0 saturated carbocycles. The summed E-state index contributed by atoms with van der Waals surface area (Å²) >= 11 is 0. The van der Waals surface area contributed by atoms with Gasteiger partial charge in [0.1, 0.15) is 5.76 Å². The summed E-state index contributed by atoms with van der Waals surface area (Å²) in [6.07, 6.45) is 5.46. The number of furan rings is 1. The van der Waals surface area contributed by atoms with Gasteiger partial charge in [0, 0.05) is 19.3 Å². The van der Waals surface area contributed by atoms with Gasteiger partial charge in [-0.2, -0.15) is 5.10 Å². The fourth-order valence-electron chi connectivity index (χ4n) is 2.16. The first-order valence-electron chi connectivity index (χ1n) is 7.48. The van der Waals surface area contributed by atoms with E-state index in [1.807, 2.05) is 36.1 Å². The largest absolute Gasteiger partial charge is 0.467 e. The second kappa shape index (κ2) is 7.26. The molecule has 0 fully saturated rings. The van der Waals surface area contributed by atoms with Crippen molar-refractivity contribution in [1.82, 2.24) is 20.0 Å². The number of hydrogen-bond acceptors (Lipinski definition) is 4. The molecule has 0 unspecified atom stereocenters. The number of aryl methyl sites for hydroxylation is 1. The molecule has 2 heterocycles. The number of rotatable bonds is 7. The van der Waals surface area contributed by atoms with Gasteiger partial charge in [0.15, 0.2) is 0 Å². The Morgan fingerprint density at radius 3 is 2.86 bits per heavy atom. The topological polar surface area (TPSA) is 63.3 Å². The summed E-state index contributed by atoms with van der Waals surface area (Å²) < 4.78 is 7.17. The second-order valence-corrected chi connectivity index (χ2v) is 5.74. The van der Waals surface area contributed by atoms with E-state index in [-0.39, 0.29) is 18.0 Å². The van der Waals surface area contributed by atoms with Gasteiger partial charge in [-0.05, 0) is 38.5 Å². The summed E-state index contributed by atoms with van der Waals surface area (Å²) in [6, 6.07) is 4.00. The molecule has 120 valence electrons. The molecule has 0 radical (unpaired) electrons. The predicted octanol–water partition coefficient (Wildman–Crippen LogP) is 1.98. The maximum atomic E-state index is 12.1. The number of nitrogens with one attached hydrogen (secondary N) is 1. The molecule has 0 saturated heterocycles. The fourth-order valence-corrected chi connectivity index (χ4v) is 2.16. The zero-order chi connectivity index (χ0) is 16.1. The van der Waals surface area contributed by atoms with Crippen molar-refractivity contribution in [2.24, 2.45) is 0 Å². The summed E-state index contributed by atoms with van der Waals surface area (Å²) in [7, 11) is 1.78. The highest BCUT2D eigenvalue weighted by molar-refractivity contribution is 5.77. The second-order valence-electron chi connectivity index (χ2n) is 5.74. The molecular formula is C16H24N4O2. The number of amides is 1. The summed E-state index contributed by atoms with van der Waals surface area (Å²) in [6.45, 7) is 6.93. The van der Waals surface area contributed by atoms with E-state index < -0.39 is 0 Å². The first kappa shape index (κ1) is 16.3. The highest BCUT2D eigenvalue weighted by Crippen LogP contribution is 2.10. The van der Waals surface area contributed by atoms with Crippen molar-refractivity contribution in [1.29, 1.82) is 0 Å². The number of aromatic nitrogens is 2. The van der Waals surface area contributed by atoms with Crippen molar-refractivity contribution in [2.45, 2.75) is 39.4 Å². The van der Waals surface area contributed by atoms with Crippen molar-refractivity contribution in [3.8, 4) is 0 Å². The molecule has 0 aliphatic rings. The quantitative estimate of drug-likeness (QED) is 0.849. The number of likely N-dealkylation sites (N-methyl/N-ethyl adjacent to an activating group) is 1. The number of carbonyl (C=O) groups is 1. The Kier molecular flexibility index (Phi) is 5.38. The molecule has 2 rings (SSSR count). The molecule has 22 heavy (non-hydrogen) atoms. The summed E-state index contributed by atoms with van der Waals surface area (Å²) in [5, 5.41) is 7.59. The molecule has 0 spiro atoms. The minimum atomic E-state index is 0.0343. The fraction of sp³-hybridized carbons (Fsp3) is 0.500. The van der Waals surface area contributed by atoms with Crippen LogP contribution < -0.4 is 5.32 Å². The van der Waals surface area contributed by atoms with Gasteiger partial charge in [0.25, 0.3) is 0 Å². The Morgan fingerprint density at radius 2 is 2.27 bits per heavy atom. The molecule has 0 aliphatic carbocycles. The van der Waals surface area contributed by atoms with Crippen molar-refractivity contribution < 1.29 is 9.21 Å². The van der Waals surface area contributed by atoms with Crippen LogP contribution in [0.4, 0.5) is 0 Å². The zero-order valence-corrected chi connectivity index (χ0v) is 13.6. The lowest BCUT2D eigenvalue weighted by atomic mass is 10.1. The molecule has 6 heteroatoms. The van der Waals surface area contributed by atoms with E-state index in [1.54, 1.807) is 18.2 Å². The van der Waals surface area contributed by atoms with E-state index in [4.69, 9.17) is 4.42 Å². The molecule has 0 aromatic carbocycles. The molecule has 6 nitrogen and oxygen atoms in total. The first-order chi connectivity index (χ1) is 10.5. The Morgan fingerprint density at radius 1 is 1.50 bits per heavy atom. The smallest absolute Gasteiger partial charge is 0.236 e. The van der Waals surface area contributed by atoms with Gasteiger partial charge in [-0.15, -0.1) is 0 Å². The van der Waals surface area contributed by atoms with Crippen LogP contribution in [0, 0.1) is 6.92 Å². The van der Waals surface area contributed by atoms with Gasteiger partial charge in [0.05, 0.1) is 31.6 Å². The Labute approximate surface area is 131 Å². The van der Waals surface area contributed by atoms with E-state index in [0.717, 1.165) is 11.3 Å². The van der Waals surface area contributed by atoms with Crippen molar-refractivity contribution in [3.05, 3.63) is 42.1 Å². The van der Waals surface area contributed by atoms with Crippen LogP contribution in [0.5, 0.6) is 0 Å². The molecule has 1 N–H and O–H groups in total. The van der Waals surface area contributed by atoms with E-state index in [2.05, 4.69) is 24.3 Å². The third kappa shape index (κ3) is 4.21. The van der Waals surface area contributed by atoms with Crippen LogP contribution in [0.15, 0.2) is 35.2 Å². The molecule has 2 atom stereocenters. The lowest BCUT2D eigenvalue weighted by Crippen LogP contribution is -2.41. The van der Waals surface area contributed by atoms with Crippen LogP contribution in [-0.2, 0) is 11.3 Å². The molecule has 0 bridgehead atoms. The average molecular weight is 304 g/mol. The normalized spacial score (nSPS) is 13.8. The first-order valence-corrected chi connectivity index (χ1v) is 7.48. The average Bonchev–Trinajstić information content (AvgIpc) is 3.15. The monoisotopic (exact) mass is 304 g/mol.